The largest absolute Gasteiger partial charge is 0.319 e. The summed E-state index contributed by atoms with van der Waals surface area (Å²) in [5, 5.41) is 0.640. The molecule has 90 valence electrons. The number of aromatic nitrogens is 2. The minimum absolute atomic E-state index is 0.0161. The van der Waals surface area contributed by atoms with Gasteiger partial charge >= 0.3 is 0 Å². The minimum Gasteiger partial charge on any atom is -0.319 e. The molecule has 4 heteroatoms. The van der Waals surface area contributed by atoms with E-state index in [0.29, 0.717) is 10.8 Å². The van der Waals surface area contributed by atoms with Gasteiger partial charge < -0.3 is 4.57 Å². The van der Waals surface area contributed by atoms with Crippen LogP contribution < -0.4 is 0 Å². The molecular weight excluding hydrogens is 236 g/mol. The Morgan fingerprint density at radius 1 is 1.53 bits per heavy atom. The molecule has 0 bridgehead atoms. The van der Waals surface area contributed by atoms with Gasteiger partial charge in [0.15, 0.2) is 11.6 Å². The van der Waals surface area contributed by atoms with Crippen molar-refractivity contribution in [3.63, 3.8) is 0 Å². The van der Waals surface area contributed by atoms with E-state index in [4.69, 9.17) is 11.6 Å². The SMILES string of the molecule is CC[C@@H](C)n1c(C(C)=O)nc2cc(Cl)ccc21. The number of carbonyl (C=O) groups excluding carboxylic acids is 1. The van der Waals surface area contributed by atoms with Gasteiger partial charge in [0.25, 0.3) is 0 Å². The van der Waals surface area contributed by atoms with Gasteiger partial charge in [-0.25, -0.2) is 4.98 Å². The second-order valence-electron chi connectivity index (χ2n) is 4.25. The van der Waals surface area contributed by atoms with E-state index in [0.717, 1.165) is 17.5 Å². The average Bonchev–Trinajstić information content (AvgIpc) is 2.66. The molecule has 0 fully saturated rings. The van der Waals surface area contributed by atoms with Crippen LogP contribution in [0.5, 0.6) is 0 Å². The molecule has 0 aliphatic carbocycles. The molecule has 0 spiro atoms. The van der Waals surface area contributed by atoms with Crippen molar-refractivity contribution in [2.45, 2.75) is 33.2 Å². The van der Waals surface area contributed by atoms with Gasteiger partial charge in [0.2, 0.25) is 0 Å². The predicted molar refractivity (Wildman–Crippen MR) is 69.7 cm³/mol. The van der Waals surface area contributed by atoms with Crippen molar-refractivity contribution in [1.29, 1.82) is 0 Å². The van der Waals surface area contributed by atoms with Crippen molar-refractivity contribution >= 4 is 28.4 Å². The molecule has 0 amide bonds. The number of hydrogen-bond donors (Lipinski definition) is 0. The Bertz CT molecular complexity index is 574. The summed E-state index contributed by atoms with van der Waals surface area (Å²) in [4.78, 5) is 16.0. The minimum atomic E-state index is -0.0161. The zero-order chi connectivity index (χ0) is 12.6. The first kappa shape index (κ1) is 12.1. The number of hydrogen-bond acceptors (Lipinski definition) is 2. The number of carbonyl (C=O) groups is 1. The van der Waals surface area contributed by atoms with Gasteiger partial charge in [-0.2, -0.15) is 0 Å². The van der Waals surface area contributed by atoms with Crippen molar-refractivity contribution in [3.8, 4) is 0 Å². The highest BCUT2D eigenvalue weighted by Crippen LogP contribution is 2.25. The number of ketones is 1. The summed E-state index contributed by atoms with van der Waals surface area (Å²) in [5.41, 5.74) is 1.75. The van der Waals surface area contributed by atoms with Crippen LogP contribution >= 0.6 is 11.6 Å². The molecule has 2 aromatic rings. The molecule has 3 nitrogen and oxygen atoms in total. The number of benzene rings is 1. The molecule has 0 saturated carbocycles. The molecule has 0 unspecified atom stereocenters. The standard InChI is InChI=1S/C13H15ClN2O/c1-4-8(2)16-12-6-5-10(14)7-11(12)15-13(16)9(3)17/h5-8H,4H2,1-3H3/t8-/m1/s1. The van der Waals surface area contributed by atoms with Crippen molar-refractivity contribution in [1.82, 2.24) is 9.55 Å². The van der Waals surface area contributed by atoms with Gasteiger partial charge in [-0.05, 0) is 31.5 Å². The lowest BCUT2D eigenvalue weighted by molar-refractivity contribution is 0.0998. The van der Waals surface area contributed by atoms with E-state index < -0.39 is 0 Å². The van der Waals surface area contributed by atoms with Crippen molar-refractivity contribution in [2.75, 3.05) is 0 Å². The molecule has 0 radical (unpaired) electrons. The maximum absolute atomic E-state index is 11.6. The fraction of sp³-hybridized carbons (Fsp3) is 0.385. The van der Waals surface area contributed by atoms with E-state index in [2.05, 4.69) is 18.8 Å². The summed E-state index contributed by atoms with van der Waals surface area (Å²) >= 11 is 5.94. The molecule has 2 rings (SSSR count). The van der Waals surface area contributed by atoms with E-state index in [9.17, 15) is 4.79 Å². The number of halogens is 1. The van der Waals surface area contributed by atoms with E-state index >= 15 is 0 Å². The Balaban J connectivity index is 2.75. The molecule has 0 aliphatic rings. The molecule has 0 aliphatic heterocycles. The Labute approximate surface area is 105 Å². The van der Waals surface area contributed by atoms with Crippen LogP contribution in [-0.2, 0) is 0 Å². The highest BCUT2D eigenvalue weighted by Gasteiger charge is 2.17. The number of fused-ring (bicyclic) bond motifs is 1. The highest BCUT2D eigenvalue weighted by atomic mass is 35.5. The van der Waals surface area contributed by atoms with Crippen molar-refractivity contribution < 1.29 is 4.79 Å². The lowest BCUT2D eigenvalue weighted by Crippen LogP contribution is -2.11. The zero-order valence-electron chi connectivity index (χ0n) is 10.2. The monoisotopic (exact) mass is 250 g/mol. The van der Waals surface area contributed by atoms with Gasteiger partial charge in [0, 0.05) is 18.0 Å². The quantitative estimate of drug-likeness (QED) is 0.776. The summed E-state index contributed by atoms with van der Waals surface area (Å²) < 4.78 is 1.99. The first-order valence-electron chi connectivity index (χ1n) is 5.73. The second kappa shape index (κ2) is 4.49. The number of rotatable bonds is 3. The van der Waals surface area contributed by atoms with Crippen molar-refractivity contribution in [3.05, 3.63) is 29.0 Å². The fourth-order valence-corrected chi connectivity index (χ4v) is 2.12. The van der Waals surface area contributed by atoms with Crippen LogP contribution in [-0.4, -0.2) is 15.3 Å². The number of nitrogens with zero attached hydrogens (tertiary/aromatic N) is 2. The molecule has 1 aromatic heterocycles. The number of imidazole rings is 1. The molecule has 17 heavy (non-hydrogen) atoms. The summed E-state index contributed by atoms with van der Waals surface area (Å²) in [5.74, 6) is 0.495. The average molecular weight is 251 g/mol. The third-order valence-electron chi connectivity index (χ3n) is 3.00. The van der Waals surface area contributed by atoms with Gasteiger partial charge in [-0.1, -0.05) is 18.5 Å². The predicted octanol–water partition coefficient (Wildman–Crippen LogP) is 3.86. The summed E-state index contributed by atoms with van der Waals surface area (Å²) in [6.07, 6.45) is 0.953. The second-order valence-corrected chi connectivity index (χ2v) is 4.69. The van der Waals surface area contributed by atoms with E-state index in [-0.39, 0.29) is 11.8 Å². The van der Waals surface area contributed by atoms with Gasteiger partial charge in [-0.3, -0.25) is 4.79 Å². The summed E-state index contributed by atoms with van der Waals surface area (Å²) in [6, 6.07) is 5.79. The summed E-state index contributed by atoms with van der Waals surface area (Å²) in [7, 11) is 0. The van der Waals surface area contributed by atoms with Crippen LogP contribution in [0.4, 0.5) is 0 Å². The Morgan fingerprint density at radius 2 is 2.24 bits per heavy atom. The van der Waals surface area contributed by atoms with Crippen LogP contribution in [0.1, 0.15) is 43.9 Å². The zero-order valence-corrected chi connectivity index (χ0v) is 11.0. The molecular formula is C13H15ClN2O. The van der Waals surface area contributed by atoms with Gasteiger partial charge in [0.05, 0.1) is 11.0 Å². The normalized spacial score (nSPS) is 12.9. The van der Waals surface area contributed by atoms with Gasteiger partial charge in [0.1, 0.15) is 0 Å². The van der Waals surface area contributed by atoms with Crippen LogP contribution in [0.3, 0.4) is 0 Å². The molecule has 1 atom stereocenters. The Kier molecular flexibility index (Phi) is 3.20. The first-order valence-corrected chi connectivity index (χ1v) is 6.10. The van der Waals surface area contributed by atoms with E-state index in [1.54, 1.807) is 13.0 Å². The maximum atomic E-state index is 11.6. The number of Topliss-reactive ketones (excluding diaryl/α,β-unsaturated/α-hetero) is 1. The Morgan fingerprint density at radius 3 is 2.82 bits per heavy atom. The summed E-state index contributed by atoms with van der Waals surface area (Å²) in [6.45, 7) is 5.72. The fourth-order valence-electron chi connectivity index (χ4n) is 1.95. The third-order valence-corrected chi connectivity index (χ3v) is 3.23. The lowest BCUT2D eigenvalue weighted by atomic mass is 10.2. The lowest BCUT2D eigenvalue weighted by Gasteiger charge is -2.14. The van der Waals surface area contributed by atoms with Crippen molar-refractivity contribution in [2.24, 2.45) is 0 Å². The molecule has 1 aromatic carbocycles. The van der Waals surface area contributed by atoms with E-state index in [1.807, 2.05) is 16.7 Å². The third kappa shape index (κ3) is 2.07. The van der Waals surface area contributed by atoms with Crippen LogP contribution in [0, 0.1) is 0 Å². The molecule has 0 saturated heterocycles. The van der Waals surface area contributed by atoms with E-state index in [1.165, 1.54) is 0 Å². The first-order chi connectivity index (χ1) is 8.04. The van der Waals surface area contributed by atoms with Gasteiger partial charge in [-0.15, -0.1) is 0 Å². The smallest absolute Gasteiger partial charge is 0.195 e. The van der Waals surface area contributed by atoms with Crippen LogP contribution in [0.25, 0.3) is 11.0 Å². The molecule has 0 N–H and O–H groups in total. The topological polar surface area (TPSA) is 34.9 Å². The van der Waals surface area contributed by atoms with Crippen LogP contribution in [0.2, 0.25) is 5.02 Å². The van der Waals surface area contributed by atoms with Crippen LogP contribution in [0.15, 0.2) is 18.2 Å². The highest BCUT2D eigenvalue weighted by molar-refractivity contribution is 6.31. The maximum Gasteiger partial charge on any atom is 0.195 e. The Hall–Kier alpha value is -1.35. The molecule has 1 heterocycles.